The minimum atomic E-state index is -0.340. The van der Waals surface area contributed by atoms with Crippen molar-refractivity contribution in [3.63, 3.8) is 0 Å². The van der Waals surface area contributed by atoms with Crippen LogP contribution in [0.5, 0.6) is 0 Å². The molecule has 0 bridgehead atoms. The Morgan fingerprint density at radius 1 is 0.871 bits per heavy atom. The summed E-state index contributed by atoms with van der Waals surface area (Å²) in [5.41, 5.74) is 3.19. The van der Waals surface area contributed by atoms with E-state index in [4.69, 9.17) is 0 Å². The molecule has 31 heavy (non-hydrogen) atoms. The van der Waals surface area contributed by atoms with E-state index < -0.39 is 0 Å². The highest BCUT2D eigenvalue weighted by atomic mass is 16.3. The van der Waals surface area contributed by atoms with E-state index in [-0.39, 0.29) is 23.8 Å². The minimum absolute atomic E-state index is 0.0137. The SMILES string of the molecule is O=C(NC[C@@H](CN1CC[C@H](O)C1)c1ccccc1)C(c1ccccc1)c1ccccc1. The summed E-state index contributed by atoms with van der Waals surface area (Å²) in [7, 11) is 0. The maximum Gasteiger partial charge on any atom is 0.232 e. The molecule has 1 heterocycles. The Labute approximate surface area is 184 Å². The quantitative estimate of drug-likeness (QED) is 0.590. The lowest BCUT2D eigenvalue weighted by Gasteiger charge is -2.25. The van der Waals surface area contributed by atoms with Gasteiger partial charge in [0.15, 0.2) is 0 Å². The van der Waals surface area contributed by atoms with E-state index in [1.165, 1.54) is 5.56 Å². The van der Waals surface area contributed by atoms with E-state index in [0.29, 0.717) is 13.1 Å². The predicted octanol–water partition coefficient (Wildman–Crippen LogP) is 3.79. The molecule has 4 heteroatoms. The lowest BCUT2D eigenvalue weighted by Crippen LogP contribution is -2.37. The molecule has 1 aliphatic rings. The zero-order chi connectivity index (χ0) is 21.5. The maximum atomic E-state index is 13.4. The number of aliphatic hydroxyl groups excluding tert-OH is 1. The van der Waals surface area contributed by atoms with E-state index >= 15 is 0 Å². The Bertz CT molecular complexity index is 907. The van der Waals surface area contributed by atoms with E-state index in [0.717, 1.165) is 30.6 Å². The molecule has 3 aromatic rings. The smallest absolute Gasteiger partial charge is 0.232 e. The Morgan fingerprint density at radius 2 is 1.39 bits per heavy atom. The third-order valence-electron chi connectivity index (χ3n) is 6.05. The fourth-order valence-electron chi connectivity index (χ4n) is 4.41. The normalized spacial score (nSPS) is 17.5. The van der Waals surface area contributed by atoms with Crippen LogP contribution in [0.3, 0.4) is 0 Å². The number of nitrogens with one attached hydrogen (secondary N) is 1. The second-order valence-corrected chi connectivity index (χ2v) is 8.31. The van der Waals surface area contributed by atoms with Gasteiger partial charge in [-0.1, -0.05) is 91.0 Å². The Kier molecular flexibility index (Phi) is 7.13. The Hall–Kier alpha value is -2.95. The summed E-state index contributed by atoms with van der Waals surface area (Å²) >= 11 is 0. The lowest BCUT2D eigenvalue weighted by molar-refractivity contribution is -0.121. The van der Waals surface area contributed by atoms with Gasteiger partial charge in [0.25, 0.3) is 0 Å². The van der Waals surface area contributed by atoms with Gasteiger partial charge in [-0.25, -0.2) is 0 Å². The zero-order valence-corrected chi connectivity index (χ0v) is 17.7. The number of hydrogen-bond donors (Lipinski definition) is 2. The van der Waals surface area contributed by atoms with Crippen molar-refractivity contribution in [3.8, 4) is 0 Å². The topological polar surface area (TPSA) is 52.6 Å². The number of carbonyl (C=O) groups is 1. The number of nitrogens with zero attached hydrogens (tertiary/aromatic N) is 1. The standard InChI is InChI=1S/C27H30N2O2/c30-25-16-17-29(20-25)19-24(21-10-4-1-5-11-21)18-28-27(31)26(22-12-6-2-7-13-22)23-14-8-3-9-15-23/h1-15,24-26,30H,16-20H2,(H,28,31)/t24-,25-/m0/s1. The molecule has 0 aromatic heterocycles. The maximum absolute atomic E-state index is 13.4. The molecule has 2 atom stereocenters. The van der Waals surface area contributed by atoms with Crippen LogP contribution in [0, 0.1) is 0 Å². The van der Waals surface area contributed by atoms with Crippen LogP contribution in [0.15, 0.2) is 91.0 Å². The average Bonchev–Trinajstić information content (AvgIpc) is 3.23. The minimum Gasteiger partial charge on any atom is -0.392 e. The number of β-amino-alcohol motifs (C(OH)–C–C–N with tert-alkyl or cyclic N) is 1. The van der Waals surface area contributed by atoms with Crippen LogP contribution in [0.25, 0.3) is 0 Å². The number of rotatable bonds is 8. The first-order valence-electron chi connectivity index (χ1n) is 11.0. The number of likely N-dealkylation sites (tertiary alicyclic amines) is 1. The molecule has 0 spiro atoms. The van der Waals surface area contributed by atoms with Gasteiger partial charge >= 0.3 is 0 Å². The summed E-state index contributed by atoms with van der Waals surface area (Å²) < 4.78 is 0. The van der Waals surface area contributed by atoms with Crippen molar-refractivity contribution in [2.24, 2.45) is 0 Å². The monoisotopic (exact) mass is 414 g/mol. The first kappa shape index (κ1) is 21.3. The lowest BCUT2D eigenvalue weighted by atomic mass is 9.90. The molecule has 4 rings (SSSR count). The molecule has 2 N–H and O–H groups in total. The van der Waals surface area contributed by atoms with Crippen LogP contribution >= 0.6 is 0 Å². The third kappa shape index (κ3) is 5.60. The Balaban J connectivity index is 1.51. The van der Waals surface area contributed by atoms with Gasteiger partial charge in [0, 0.05) is 32.1 Å². The molecule has 1 aliphatic heterocycles. The molecule has 160 valence electrons. The summed E-state index contributed by atoms with van der Waals surface area (Å²) in [5, 5.41) is 13.2. The largest absolute Gasteiger partial charge is 0.392 e. The van der Waals surface area contributed by atoms with Gasteiger partial charge in [-0.15, -0.1) is 0 Å². The molecule has 4 nitrogen and oxygen atoms in total. The van der Waals surface area contributed by atoms with Gasteiger partial charge in [0.05, 0.1) is 12.0 Å². The van der Waals surface area contributed by atoms with Crippen LogP contribution in [0.2, 0.25) is 0 Å². The summed E-state index contributed by atoms with van der Waals surface area (Å²) in [6, 6.07) is 30.2. The fourth-order valence-corrected chi connectivity index (χ4v) is 4.41. The molecule has 1 saturated heterocycles. The number of carbonyl (C=O) groups excluding carboxylic acids is 1. The molecule has 0 aliphatic carbocycles. The summed E-state index contributed by atoms with van der Waals surface area (Å²) in [4.78, 5) is 15.7. The van der Waals surface area contributed by atoms with E-state index in [1.807, 2.05) is 78.9 Å². The summed E-state index contributed by atoms with van der Waals surface area (Å²) in [6.45, 7) is 2.98. The van der Waals surface area contributed by atoms with Crippen molar-refractivity contribution in [1.82, 2.24) is 10.2 Å². The highest BCUT2D eigenvalue weighted by Gasteiger charge is 2.26. The molecule has 1 fully saturated rings. The predicted molar refractivity (Wildman–Crippen MR) is 124 cm³/mol. The van der Waals surface area contributed by atoms with Crippen molar-refractivity contribution in [1.29, 1.82) is 0 Å². The van der Waals surface area contributed by atoms with Crippen molar-refractivity contribution >= 4 is 5.91 Å². The van der Waals surface area contributed by atoms with Crippen LogP contribution in [-0.2, 0) is 4.79 Å². The fraction of sp³-hybridized carbons (Fsp3) is 0.296. The molecular weight excluding hydrogens is 384 g/mol. The van der Waals surface area contributed by atoms with Crippen molar-refractivity contribution in [2.75, 3.05) is 26.2 Å². The van der Waals surface area contributed by atoms with Crippen molar-refractivity contribution < 1.29 is 9.90 Å². The number of aliphatic hydroxyl groups is 1. The van der Waals surface area contributed by atoms with Crippen LogP contribution < -0.4 is 5.32 Å². The van der Waals surface area contributed by atoms with Crippen LogP contribution in [-0.4, -0.2) is 48.2 Å². The van der Waals surface area contributed by atoms with Crippen molar-refractivity contribution in [2.45, 2.75) is 24.4 Å². The first-order valence-corrected chi connectivity index (χ1v) is 11.0. The molecule has 0 radical (unpaired) electrons. The van der Waals surface area contributed by atoms with E-state index in [2.05, 4.69) is 22.3 Å². The Morgan fingerprint density at radius 3 is 1.87 bits per heavy atom. The average molecular weight is 415 g/mol. The zero-order valence-electron chi connectivity index (χ0n) is 17.7. The van der Waals surface area contributed by atoms with Gasteiger partial charge in [-0.05, 0) is 23.1 Å². The van der Waals surface area contributed by atoms with Gasteiger partial charge in [-0.2, -0.15) is 0 Å². The summed E-state index contributed by atoms with van der Waals surface area (Å²) in [6.07, 6.45) is 0.573. The summed E-state index contributed by atoms with van der Waals surface area (Å²) in [5.74, 6) is -0.158. The molecule has 3 aromatic carbocycles. The second kappa shape index (κ2) is 10.4. The third-order valence-corrected chi connectivity index (χ3v) is 6.05. The number of hydrogen-bond acceptors (Lipinski definition) is 3. The number of benzene rings is 3. The van der Waals surface area contributed by atoms with Gasteiger partial charge in [0.2, 0.25) is 5.91 Å². The second-order valence-electron chi connectivity index (χ2n) is 8.31. The first-order chi connectivity index (χ1) is 15.2. The highest BCUT2D eigenvalue weighted by molar-refractivity contribution is 5.87. The molecule has 0 unspecified atom stereocenters. The van der Waals surface area contributed by atoms with Crippen molar-refractivity contribution in [3.05, 3.63) is 108 Å². The van der Waals surface area contributed by atoms with Crippen LogP contribution in [0.4, 0.5) is 0 Å². The van der Waals surface area contributed by atoms with Gasteiger partial charge < -0.3 is 10.4 Å². The number of amides is 1. The van der Waals surface area contributed by atoms with Gasteiger partial charge in [0.1, 0.15) is 0 Å². The van der Waals surface area contributed by atoms with Crippen LogP contribution in [0.1, 0.15) is 34.9 Å². The van der Waals surface area contributed by atoms with E-state index in [9.17, 15) is 9.90 Å². The molecular formula is C27H30N2O2. The van der Waals surface area contributed by atoms with E-state index in [1.54, 1.807) is 0 Å². The molecule has 0 saturated carbocycles. The van der Waals surface area contributed by atoms with Gasteiger partial charge in [-0.3, -0.25) is 9.69 Å². The highest BCUT2D eigenvalue weighted by Crippen LogP contribution is 2.26. The molecule has 1 amide bonds.